The molecule has 0 saturated carbocycles. The highest BCUT2D eigenvalue weighted by molar-refractivity contribution is 6.74. The zero-order valence-electron chi connectivity index (χ0n) is 17.3. The Morgan fingerprint density at radius 2 is 1.90 bits per heavy atom. The van der Waals surface area contributed by atoms with E-state index in [-0.39, 0.29) is 10.3 Å². The van der Waals surface area contributed by atoms with Gasteiger partial charge in [0.05, 0.1) is 24.6 Å². The Balaban J connectivity index is 1.67. The Morgan fingerprint density at radius 3 is 2.66 bits per heavy atom. The van der Waals surface area contributed by atoms with Gasteiger partial charge in [-0.25, -0.2) is 9.67 Å². The number of hydrogen-bond donors (Lipinski definition) is 0. The third-order valence-electron chi connectivity index (χ3n) is 5.70. The van der Waals surface area contributed by atoms with E-state index in [1.54, 1.807) is 17.2 Å². The molecule has 0 radical (unpaired) electrons. The molecule has 0 unspecified atom stereocenters. The minimum atomic E-state index is -1.81. The van der Waals surface area contributed by atoms with Gasteiger partial charge in [0.1, 0.15) is 0 Å². The van der Waals surface area contributed by atoms with Gasteiger partial charge in [-0.05, 0) is 35.8 Å². The van der Waals surface area contributed by atoms with Gasteiger partial charge in [0.25, 0.3) is 0 Å². The number of imidazole rings is 1. The first kappa shape index (κ1) is 20.0. The predicted molar refractivity (Wildman–Crippen MR) is 118 cm³/mol. The van der Waals surface area contributed by atoms with Crippen LogP contribution in [0.1, 0.15) is 20.8 Å². The smallest absolute Gasteiger partial charge is 0.226 e. The van der Waals surface area contributed by atoms with Crippen molar-refractivity contribution in [3.8, 4) is 5.82 Å². The Labute approximate surface area is 175 Å². The molecule has 152 valence electrons. The van der Waals surface area contributed by atoms with Crippen molar-refractivity contribution in [3.63, 3.8) is 0 Å². The van der Waals surface area contributed by atoms with E-state index in [0.29, 0.717) is 30.1 Å². The average Bonchev–Trinajstić information content (AvgIpc) is 3.24. The second-order valence-corrected chi connectivity index (χ2v) is 13.8. The van der Waals surface area contributed by atoms with Gasteiger partial charge in [-0.15, -0.1) is 0 Å². The number of hydrogen-bond acceptors (Lipinski definition) is 5. The number of benzene rings is 1. The van der Waals surface area contributed by atoms with Gasteiger partial charge in [-0.3, -0.25) is 0 Å². The van der Waals surface area contributed by atoms with Gasteiger partial charge in [-0.1, -0.05) is 39.0 Å². The third kappa shape index (κ3) is 3.67. The number of para-hydroxylation sites is 1. The van der Waals surface area contributed by atoms with E-state index in [2.05, 4.69) is 53.9 Å². The molecule has 7 nitrogen and oxygen atoms in total. The predicted octanol–water partition coefficient (Wildman–Crippen LogP) is 4.84. The first-order valence-electron chi connectivity index (χ1n) is 9.63. The van der Waals surface area contributed by atoms with E-state index in [1.165, 1.54) is 0 Å². The van der Waals surface area contributed by atoms with Crippen LogP contribution in [0, 0.1) is 0 Å². The van der Waals surface area contributed by atoms with E-state index in [9.17, 15) is 0 Å². The van der Waals surface area contributed by atoms with Crippen LogP contribution in [0.2, 0.25) is 23.4 Å². The summed E-state index contributed by atoms with van der Waals surface area (Å²) in [6.45, 7) is 12.5. The van der Waals surface area contributed by atoms with Crippen molar-refractivity contribution in [1.29, 1.82) is 0 Å². The van der Waals surface area contributed by atoms with Crippen LogP contribution in [0.5, 0.6) is 0 Å². The van der Waals surface area contributed by atoms with Gasteiger partial charge in [0, 0.05) is 11.9 Å². The number of nitrogens with zero attached hydrogens (tertiary/aromatic N) is 6. The molecule has 3 aromatic heterocycles. The second-order valence-electron chi connectivity index (χ2n) is 8.65. The fourth-order valence-corrected chi connectivity index (χ4v) is 4.17. The fraction of sp³-hybridized carbons (Fsp3) is 0.400. The highest BCUT2D eigenvalue weighted by atomic mass is 35.5. The van der Waals surface area contributed by atoms with E-state index in [0.717, 1.165) is 10.9 Å². The molecule has 3 heterocycles. The molecule has 0 aliphatic rings. The largest absolute Gasteiger partial charge is 0.415 e. The van der Waals surface area contributed by atoms with Crippen molar-refractivity contribution in [3.05, 3.63) is 42.1 Å². The normalized spacial score (nSPS) is 12.9. The van der Waals surface area contributed by atoms with Crippen molar-refractivity contribution >= 4 is 42.0 Å². The molecule has 29 heavy (non-hydrogen) atoms. The van der Waals surface area contributed by atoms with Crippen molar-refractivity contribution in [2.45, 2.75) is 45.4 Å². The summed E-state index contributed by atoms with van der Waals surface area (Å²) < 4.78 is 10.0. The van der Waals surface area contributed by atoms with Crippen LogP contribution < -0.4 is 0 Å². The van der Waals surface area contributed by atoms with Crippen molar-refractivity contribution < 1.29 is 4.43 Å². The quantitative estimate of drug-likeness (QED) is 0.336. The second kappa shape index (κ2) is 7.19. The van der Waals surface area contributed by atoms with Crippen molar-refractivity contribution in [1.82, 2.24) is 29.3 Å². The maximum atomic E-state index is 6.30. The van der Waals surface area contributed by atoms with Crippen LogP contribution in [0.3, 0.4) is 0 Å². The molecular weight excluding hydrogens is 404 g/mol. The Morgan fingerprint density at radius 1 is 1.14 bits per heavy atom. The van der Waals surface area contributed by atoms with Gasteiger partial charge < -0.3 is 8.99 Å². The topological polar surface area (TPSA) is 70.7 Å². The Bertz CT molecular complexity index is 1180. The summed E-state index contributed by atoms with van der Waals surface area (Å²) in [6, 6.07) is 7.95. The number of aromatic nitrogens is 6. The molecule has 0 atom stereocenters. The lowest BCUT2D eigenvalue weighted by Gasteiger charge is -2.36. The molecule has 4 aromatic rings. The van der Waals surface area contributed by atoms with Crippen LogP contribution in [-0.4, -0.2) is 44.2 Å². The number of halogens is 1. The van der Waals surface area contributed by atoms with Gasteiger partial charge in [0.15, 0.2) is 25.3 Å². The van der Waals surface area contributed by atoms with Crippen molar-refractivity contribution in [2.75, 3.05) is 6.61 Å². The Kier molecular flexibility index (Phi) is 4.96. The van der Waals surface area contributed by atoms with E-state index < -0.39 is 8.32 Å². The summed E-state index contributed by atoms with van der Waals surface area (Å²) in [7, 11) is -1.81. The molecule has 0 fully saturated rings. The summed E-state index contributed by atoms with van der Waals surface area (Å²) in [5.41, 5.74) is 2.29. The zero-order valence-corrected chi connectivity index (χ0v) is 19.1. The number of fused-ring (bicyclic) bond motifs is 2. The summed E-state index contributed by atoms with van der Waals surface area (Å²) in [5.74, 6) is 0.574. The Hall–Kier alpha value is -2.29. The minimum Gasteiger partial charge on any atom is -0.415 e. The lowest BCUT2D eigenvalue weighted by atomic mass is 10.2. The third-order valence-corrected chi connectivity index (χ3v) is 10.4. The van der Waals surface area contributed by atoms with E-state index in [4.69, 9.17) is 16.0 Å². The number of rotatable bonds is 5. The first-order chi connectivity index (χ1) is 13.7. The fourth-order valence-electron chi connectivity index (χ4n) is 2.97. The molecule has 0 spiro atoms. The molecule has 1 aromatic carbocycles. The molecule has 0 aliphatic carbocycles. The molecule has 0 bridgehead atoms. The molecule has 0 saturated heterocycles. The summed E-state index contributed by atoms with van der Waals surface area (Å²) in [6.07, 6.45) is 3.57. The molecule has 0 aliphatic heterocycles. The SMILES string of the molecule is CC(C)(C)[Si](C)(C)OCCn1cnc2c(-n3ncc4ccccc43)nc(Cl)nc21. The van der Waals surface area contributed by atoms with Crippen LogP contribution in [-0.2, 0) is 11.0 Å². The van der Waals surface area contributed by atoms with Crippen LogP contribution >= 0.6 is 11.6 Å². The highest BCUT2D eigenvalue weighted by Crippen LogP contribution is 2.36. The summed E-state index contributed by atoms with van der Waals surface area (Å²) >= 11 is 6.26. The maximum absolute atomic E-state index is 6.30. The molecular formula is C20H25ClN6OSi. The summed E-state index contributed by atoms with van der Waals surface area (Å²) in [5, 5.41) is 5.85. The van der Waals surface area contributed by atoms with Crippen LogP contribution in [0.4, 0.5) is 0 Å². The molecule has 0 amide bonds. The average molecular weight is 429 g/mol. The molecule has 0 N–H and O–H groups in total. The van der Waals surface area contributed by atoms with Crippen molar-refractivity contribution in [2.24, 2.45) is 0 Å². The van der Waals surface area contributed by atoms with Gasteiger partial charge in [-0.2, -0.15) is 15.1 Å². The molecule has 4 rings (SSSR count). The minimum absolute atomic E-state index is 0.166. The van der Waals surface area contributed by atoms with Gasteiger partial charge in [0.2, 0.25) is 5.28 Å². The van der Waals surface area contributed by atoms with E-state index >= 15 is 0 Å². The van der Waals surface area contributed by atoms with Gasteiger partial charge >= 0.3 is 0 Å². The lowest BCUT2D eigenvalue weighted by Crippen LogP contribution is -2.41. The maximum Gasteiger partial charge on any atom is 0.226 e. The lowest BCUT2D eigenvalue weighted by molar-refractivity contribution is 0.273. The standard InChI is InChI=1S/C20H25ClN6OSi/c1-20(2,3)29(4,5)28-11-10-26-13-22-16-17(26)24-19(21)25-18(16)27-15-9-7-6-8-14(15)12-23-27/h6-9,12-13H,10-11H2,1-5H3. The summed E-state index contributed by atoms with van der Waals surface area (Å²) in [4.78, 5) is 13.4. The monoisotopic (exact) mass is 428 g/mol. The molecule has 9 heteroatoms. The first-order valence-corrected chi connectivity index (χ1v) is 12.9. The zero-order chi connectivity index (χ0) is 20.8. The highest BCUT2D eigenvalue weighted by Gasteiger charge is 2.36. The van der Waals surface area contributed by atoms with Crippen LogP contribution in [0.25, 0.3) is 27.9 Å². The van der Waals surface area contributed by atoms with Crippen LogP contribution in [0.15, 0.2) is 36.8 Å². The van der Waals surface area contributed by atoms with E-state index in [1.807, 2.05) is 28.8 Å².